The van der Waals surface area contributed by atoms with Gasteiger partial charge >= 0.3 is 0 Å². The molecule has 0 atom stereocenters. The van der Waals surface area contributed by atoms with Crippen molar-refractivity contribution in [3.05, 3.63) is 24.2 Å². The van der Waals surface area contributed by atoms with E-state index in [9.17, 15) is 9.59 Å². The summed E-state index contributed by atoms with van der Waals surface area (Å²) >= 11 is 0. The normalized spacial score (nSPS) is 24.2. The number of furan rings is 1. The highest BCUT2D eigenvalue weighted by Crippen LogP contribution is 2.26. The number of hydrogen-bond donors (Lipinski definition) is 1. The third-order valence-electron chi connectivity index (χ3n) is 3.36. The fraction of sp³-hybridized carbons (Fsp3) is 0.538. The molecular formula is C13H17NO3. The van der Waals surface area contributed by atoms with E-state index in [1.54, 1.807) is 12.1 Å². The largest absolute Gasteiger partial charge is 0.459 e. The molecule has 1 aromatic heterocycles. The van der Waals surface area contributed by atoms with Crippen molar-refractivity contribution in [1.29, 1.82) is 0 Å². The van der Waals surface area contributed by atoms with Gasteiger partial charge in [0.05, 0.1) is 6.26 Å². The molecule has 92 valence electrons. The van der Waals surface area contributed by atoms with Crippen LogP contribution in [0.2, 0.25) is 0 Å². The summed E-state index contributed by atoms with van der Waals surface area (Å²) in [7, 11) is 0. The van der Waals surface area contributed by atoms with Gasteiger partial charge in [-0.2, -0.15) is 0 Å². The van der Waals surface area contributed by atoms with Gasteiger partial charge in [-0.05, 0) is 43.7 Å². The van der Waals surface area contributed by atoms with Crippen LogP contribution in [-0.4, -0.2) is 18.2 Å². The molecule has 1 saturated carbocycles. The average Bonchev–Trinajstić information content (AvgIpc) is 2.86. The lowest BCUT2D eigenvalue weighted by Gasteiger charge is -2.27. The maximum absolute atomic E-state index is 11.7. The molecule has 0 aromatic carbocycles. The molecule has 0 spiro atoms. The lowest BCUT2D eigenvalue weighted by molar-refractivity contribution is -0.108. The van der Waals surface area contributed by atoms with Crippen LogP contribution in [-0.2, 0) is 4.79 Å². The quantitative estimate of drug-likeness (QED) is 0.813. The standard InChI is InChI=1S/C13H17NO3/c15-8-7-10-3-5-11(6-4-10)14-13(16)12-2-1-9-17-12/h1-2,8-11H,3-7H2,(H,14,16)/t10-,11-. The molecule has 1 aromatic rings. The second-order valence-corrected chi connectivity index (χ2v) is 4.57. The van der Waals surface area contributed by atoms with Gasteiger partial charge in [-0.1, -0.05) is 0 Å². The summed E-state index contributed by atoms with van der Waals surface area (Å²) < 4.78 is 5.04. The Bertz CT molecular complexity index is 364. The van der Waals surface area contributed by atoms with Gasteiger partial charge in [-0.3, -0.25) is 4.79 Å². The van der Waals surface area contributed by atoms with E-state index >= 15 is 0 Å². The molecule has 1 aliphatic rings. The summed E-state index contributed by atoms with van der Waals surface area (Å²) in [5.41, 5.74) is 0. The smallest absolute Gasteiger partial charge is 0.287 e. The van der Waals surface area contributed by atoms with Crippen LogP contribution in [0.4, 0.5) is 0 Å². The van der Waals surface area contributed by atoms with Crippen LogP contribution in [0.5, 0.6) is 0 Å². The Kier molecular flexibility index (Phi) is 3.96. The van der Waals surface area contributed by atoms with Crippen molar-refractivity contribution < 1.29 is 14.0 Å². The van der Waals surface area contributed by atoms with Gasteiger partial charge in [-0.15, -0.1) is 0 Å². The van der Waals surface area contributed by atoms with Crippen molar-refractivity contribution in [3.63, 3.8) is 0 Å². The summed E-state index contributed by atoms with van der Waals surface area (Å²) in [5.74, 6) is 0.720. The number of hydrogen-bond acceptors (Lipinski definition) is 3. The monoisotopic (exact) mass is 235 g/mol. The molecule has 17 heavy (non-hydrogen) atoms. The molecule has 4 nitrogen and oxygen atoms in total. The van der Waals surface area contributed by atoms with Crippen LogP contribution in [0.1, 0.15) is 42.7 Å². The van der Waals surface area contributed by atoms with Gasteiger partial charge in [0, 0.05) is 12.5 Å². The van der Waals surface area contributed by atoms with Crippen LogP contribution in [0.15, 0.2) is 22.8 Å². The summed E-state index contributed by atoms with van der Waals surface area (Å²) in [4.78, 5) is 22.1. The van der Waals surface area contributed by atoms with E-state index in [1.807, 2.05) is 0 Å². The van der Waals surface area contributed by atoms with E-state index in [1.165, 1.54) is 6.26 Å². The first-order valence-electron chi connectivity index (χ1n) is 6.07. The highest BCUT2D eigenvalue weighted by atomic mass is 16.3. The molecule has 0 saturated heterocycles. The van der Waals surface area contributed by atoms with E-state index < -0.39 is 0 Å². The van der Waals surface area contributed by atoms with E-state index in [2.05, 4.69) is 5.32 Å². The van der Waals surface area contributed by atoms with Crippen LogP contribution in [0.3, 0.4) is 0 Å². The molecule has 4 heteroatoms. The van der Waals surface area contributed by atoms with Gasteiger partial charge in [0.2, 0.25) is 0 Å². The summed E-state index contributed by atoms with van der Waals surface area (Å²) in [6, 6.07) is 3.58. The summed E-state index contributed by atoms with van der Waals surface area (Å²) in [6.07, 6.45) is 7.07. The highest BCUT2D eigenvalue weighted by Gasteiger charge is 2.22. The van der Waals surface area contributed by atoms with E-state index in [0.717, 1.165) is 32.0 Å². The van der Waals surface area contributed by atoms with Crippen LogP contribution in [0.25, 0.3) is 0 Å². The Hall–Kier alpha value is -1.58. The van der Waals surface area contributed by atoms with Crippen molar-refractivity contribution in [1.82, 2.24) is 5.32 Å². The average molecular weight is 235 g/mol. The number of aldehydes is 1. The molecule has 2 rings (SSSR count). The molecule has 0 radical (unpaired) electrons. The zero-order chi connectivity index (χ0) is 12.1. The fourth-order valence-electron chi connectivity index (χ4n) is 2.34. The van der Waals surface area contributed by atoms with Crippen molar-refractivity contribution in [3.8, 4) is 0 Å². The fourth-order valence-corrected chi connectivity index (χ4v) is 2.34. The Balaban J connectivity index is 1.78. The second-order valence-electron chi connectivity index (χ2n) is 4.57. The number of carbonyl (C=O) groups excluding carboxylic acids is 2. The third kappa shape index (κ3) is 3.19. The van der Waals surface area contributed by atoms with Gasteiger partial charge < -0.3 is 14.5 Å². The zero-order valence-corrected chi connectivity index (χ0v) is 9.72. The topological polar surface area (TPSA) is 59.3 Å². The Morgan fingerprint density at radius 3 is 2.76 bits per heavy atom. The highest BCUT2D eigenvalue weighted by molar-refractivity contribution is 5.91. The van der Waals surface area contributed by atoms with Crippen LogP contribution >= 0.6 is 0 Å². The SMILES string of the molecule is O=CC[C@H]1CC[C@H](NC(=O)c2ccco2)CC1. The Morgan fingerprint density at radius 1 is 1.41 bits per heavy atom. The van der Waals surface area contributed by atoms with Crippen molar-refractivity contribution in [2.45, 2.75) is 38.1 Å². The predicted molar refractivity (Wildman–Crippen MR) is 62.6 cm³/mol. The lowest BCUT2D eigenvalue weighted by Crippen LogP contribution is -2.37. The van der Waals surface area contributed by atoms with E-state index in [-0.39, 0.29) is 11.9 Å². The minimum absolute atomic E-state index is 0.145. The molecule has 1 heterocycles. The molecular weight excluding hydrogens is 218 g/mol. The Labute approximate surface area is 100 Å². The second kappa shape index (κ2) is 5.66. The molecule has 1 fully saturated rings. The van der Waals surface area contributed by atoms with E-state index in [0.29, 0.717) is 18.1 Å². The first-order valence-corrected chi connectivity index (χ1v) is 6.07. The number of carbonyl (C=O) groups is 2. The van der Waals surface area contributed by atoms with Crippen molar-refractivity contribution in [2.75, 3.05) is 0 Å². The molecule has 0 aliphatic heterocycles. The van der Waals surface area contributed by atoms with E-state index in [4.69, 9.17) is 4.42 Å². The minimum atomic E-state index is -0.145. The molecule has 0 unspecified atom stereocenters. The Morgan fingerprint density at radius 2 is 2.18 bits per heavy atom. The number of rotatable bonds is 4. The maximum atomic E-state index is 11.7. The molecule has 1 N–H and O–H groups in total. The molecule has 0 bridgehead atoms. The van der Waals surface area contributed by atoms with Crippen LogP contribution in [0, 0.1) is 5.92 Å². The molecule has 1 amide bonds. The van der Waals surface area contributed by atoms with Gasteiger partial charge in [-0.25, -0.2) is 0 Å². The maximum Gasteiger partial charge on any atom is 0.287 e. The summed E-state index contributed by atoms with van der Waals surface area (Å²) in [6.45, 7) is 0. The lowest BCUT2D eigenvalue weighted by atomic mass is 9.84. The van der Waals surface area contributed by atoms with Crippen molar-refractivity contribution in [2.24, 2.45) is 5.92 Å². The van der Waals surface area contributed by atoms with Gasteiger partial charge in [0.1, 0.15) is 6.29 Å². The summed E-state index contributed by atoms with van der Waals surface area (Å²) in [5, 5.41) is 2.96. The first-order chi connectivity index (χ1) is 8.29. The van der Waals surface area contributed by atoms with Crippen LogP contribution < -0.4 is 5.32 Å². The van der Waals surface area contributed by atoms with Gasteiger partial charge in [0.25, 0.3) is 5.91 Å². The zero-order valence-electron chi connectivity index (χ0n) is 9.72. The van der Waals surface area contributed by atoms with Gasteiger partial charge in [0.15, 0.2) is 5.76 Å². The minimum Gasteiger partial charge on any atom is -0.459 e. The first kappa shape index (κ1) is 11.9. The number of amides is 1. The molecule has 1 aliphatic carbocycles. The van der Waals surface area contributed by atoms with Crippen molar-refractivity contribution >= 4 is 12.2 Å². The third-order valence-corrected chi connectivity index (χ3v) is 3.36. The predicted octanol–water partition coefficient (Wildman–Crippen LogP) is 2.16. The number of nitrogens with one attached hydrogen (secondary N) is 1.